The summed E-state index contributed by atoms with van der Waals surface area (Å²) in [5.74, 6) is 0.927. The SMILES string of the molecule is Cc1ccc2c(n1)oc1c(-c3cccc(N4C=CN(C(C)C)[C@H]4C)n3)cccc12. The molecule has 5 rings (SSSR count). The third kappa shape index (κ3) is 2.85. The Bertz CT molecular complexity index is 1240. The average molecular weight is 384 g/mol. The Balaban J connectivity index is 1.61. The lowest BCUT2D eigenvalue weighted by Gasteiger charge is -2.32. The van der Waals surface area contributed by atoms with Crippen molar-refractivity contribution >= 4 is 27.9 Å². The molecule has 0 aliphatic carbocycles. The Morgan fingerprint density at radius 2 is 1.76 bits per heavy atom. The zero-order valence-electron chi connectivity index (χ0n) is 17.1. The highest BCUT2D eigenvalue weighted by Crippen LogP contribution is 2.35. The van der Waals surface area contributed by atoms with Crippen LogP contribution < -0.4 is 4.90 Å². The monoisotopic (exact) mass is 384 g/mol. The van der Waals surface area contributed by atoms with Gasteiger partial charge in [-0.05, 0) is 58.0 Å². The molecule has 3 aromatic heterocycles. The highest BCUT2D eigenvalue weighted by Gasteiger charge is 2.26. The number of anilines is 1. The molecule has 1 aromatic carbocycles. The van der Waals surface area contributed by atoms with E-state index in [1.807, 2.05) is 19.1 Å². The lowest BCUT2D eigenvalue weighted by Crippen LogP contribution is -2.39. The summed E-state index contributed by atoms with van der Waals surface area (Å²) in [6.45, 7) is 8.57. The largest absolute Gasteiger partial charge is 0.437 e. The van der Waals surface area contributed by atoms with E-state index in [0.29, 0.717) is 11.8 Å². The van der Waals surface area contributed by atoms with Gasteiger partial charge in [-0.15, -0.1) is 0 Å². The van der Waals surface area contributed by atoms with E-state index in [1.54, 1.807) is 0 Å². The standard InChI is InChI=1S/C24H24N4O/c1-15(2)27-13-14-28(17(27)4)22-10-6-9-21(26-22)20-8-5-7-18-19-12-11-16(3)25-24(19)29-23(18)20/h5-15,17H,1-4H3/t17-/m1/s1. The first-order valence-electron chi connectivity index (χ1n) is 10.0. The van der Waals surface area contributed by atoms with Gasteiger partial charge >= 0.3 is 0 Å². The Hall–Kier alpha value is -3.34. The summed E-state index contributed by atoms with van der Waals surface area (Å²) in [5, 5.41) is 2.10. The van der Waals surface area contributed by atoms with Crippen molar-refractivity contribution in [1.82, 2.24) is 14.9 Å². The molecule has 146 valence electrons. The fraction of sp³-hybridized carbons (Fsp3) is 0.250. The maximum absolute atomic E-state index is 6.17. The normalized spacial score (nSPS) is 16.7. The molecule has 0 spiro atoms. The highest BCUT2D eigenvalue weighted by molar-refractivity contribution is 6.08. The number of hydrogen-bond acceptors (Lipinski definition) is 5. The predicted molar refractivity (Wildman–Crippen MR) is 118 cm³/mol. The lowest BCUT2D eigenvalue weighted by atomic mass is 10.1. The van der Waals surface area contributed by atoms with E-state index in [9.17, 15) is 0 Å². The van der Waals surface area contributed by atoms with Gasteiger partial charge in [-0.25, -0.2) is 9.97 Å². The molecular weight excluding hydrogens is 360 g/mol. The lowest BCUT2D eigenvalue weighted by molar-refractivity contribution is 0.263. The number of hydrogen-bond donors (Lipinski definition) is 0. The zero-order valence-corrected chi connectivity index (χ0v) is 17.1. The molecule has 0 N–H and O–H groups in total. The number of pyridine rings is 2. The van der Waals surface area contributed by atoms with Gasteiger partial charge in [0.05, 0.1) is 5.69 Å². The molecule has 0 radical (unpaired) electrons. The van der Waals surface area contributed by atoms with Crippen LogP contribution in [0, 0.1) is 6.92 Å². The molecule has 4 aromatic rings. The van der Waals surface area contributed by atoms with Crippen LogP contribution in [0.3, 0.4) is 0 Å². The fourth-order valence-electron chi connectivity index (χ4n) is 4.10. The van der Waals surface area contributed by atoms with E-state index >= 15 is 0 Å². The Kier molecular flexibility index (Phi) is 4.05. The molecule has 1 atom stereocenters. The molecule has 1 aliphatic heterocycles. The van der Waals surface area contributed by atoms with E-state index in [1.165, 1.54) is 0 Å². The molecule has 0 bridgehead atoms. The van der Waals surface area contributed by atoms with Gasteiger partial charge in [0.1, 0.15) is 17.6 Å². The third-order valence-corrected chi connectivity index (χ3v) is 5.61. The summed E-state index contributed by atoms with van der Waals surface area (Å²) in [4.78, 5) is 14.1. The van der Waals surface area contributed by atoms with Crippen LogP contribution >= 0.6 is 0 Å². The number of rotatable bonds is 3. The van der Waals surface area contributed by atoms with Crippen molar-refractivity contribution in [3.63, 3.8) is 0 Å². The van der Waals surface area contributed by atoms with Crippen molar-refractivity contribution < 1.29 is 4.42 Å². The fourth-order valence-corrected chi connectivity index (χ4v) is 4.10. The van der Waals surface area contributed by atoms with Crippen molar-refractivity contribution in [2.75, 3.05) is 4.90 Å². The molecule has 29 heavy (non-hydrogen) atoms. The maximum Gasteiger partial charge on any atom is 0.227 e. The van der Waals surface area contributed by atoms with Crippen LogP contribution in [0.15, 0.2) is 65.3 Å². The van der Waals surface area contributed by atoms with Gasteiger partial charge in [0.25, 0.3) is 0 Å². The summed E-state index contributed by atoms with van der Waals surface area (Å²) in [7, 11) is 0. The van der Waals surface area contributed by atoms with Gasteiger partial charge in [-0.1, -0.05) is 18.2 Å². The number of para-hydroxylation sites is 1. The van der Waals surface area contributed by atoms with Crippen LogP contribution in [0.4, 0.5) is 5.82 Å². The minimum Gasteiger partial charge on any atom is -0.437 e. The molecular formula is C24H24N4O. The predicted octanol–water partition coefficient (Wildman–Crippen LogP) is 5.70. The Labute approximate surface area is 170 Å². The van der Waals surface area contributed by atoms with Crippen LogP contribution in [0.5, 0.6) is 0 Å². The number of benzene rings is 1. The number of furan rings is 1. The molecule has 0 fully saturated rings. The first-order valence-corrected chi connectivity index (χ1v) is 10.0. The summed E-state index contributed by atoms with van der Waals surface area (Å²) in [6.07, 6.45) is 4.47. The van der Waals surface area contributed by atoms with Crippen molar-refractivity contribution in [2.24, 2.45) is 0 Å². The Morgan fingerprint density at radius 1 is 0.931 bits per heavy atom. The summed E-state index contributed by atoms with van der Waals surface area (Å²) in [5.41, 5.74) is 4.33. The van der Waals surface area contributed by atoms with Crippen molar-refractivity contribution in [2.45, 2.75) is 39.9 Å². The van der Waals surface area contributed by atoms with Crippen molar-refractivity contribution in [3.8, 4) is 11.3 Å². The van der Waals surface area contributed by atoms with Gasteiger partial charge in [0, 0.05) is 40.5 Å². The van der Waals surface area contributed by atoms with Crippen LogP contribution in [0.25, 0.3) is 33.3 Å². The van der Waals surface area contributed by atoms with Gasteiger partial charge in [-0.2, -0.15) is 0 Å². The molecule has 0 amide bonds. The molecule has 0 saturated heterocycles. The van der Waals surface area contributed by atoms with Gasteiger partial charge in [0.15, 0.2) is 0 Å². The quantitative estimate of drug-likeness (QED) is 0.453. The van der Waals surface area contributed by atoms with E-state index < -0.39 is 0 Å². The maximum atomic E-state index is 6.17. The first-order chi connectivity index (χ1) is 14.0. The second kappa shape index (κ2) is 6.62. The minimum absolute atomic E-state index is 0.229. The number of aryl methyl sites for hydroxylation is 1. The average Bonchev–Trinajstić information content (AvgIpc) is 3.27. The van der Waals surface area contributed by atoms with E-state index in [0.717, 1.165) is 39.1 Å². The van der Waals surface area contributed by atoms with Crippen molar-refractivity contribution in [1.29, 1.82) is 0 Å². The van der Waals surface area contributed by atoms with Gasteiger partial charge < -0.3 is 14.2 Å². The molecule has 1 aliphatic rings. The number of nitrogens with zero attached hydrogens (tertiary/aromatic N) is 4. The van der Waals surface area contributed by atoms with Crippen LogP contribution in [-0.2, 0) is 0 Å². The van der Waals surface area contributed by atoms with Crippen LogP contribution in [0.1, 0.15) is 26.5 Å². The van der Waals surface area contributed by atoms with Crippen LogP contribution in [-0.4, -0.2) is 27.1 Å². The summed E-state index contributed by atoms with van der Waals surface area (Å²) in [6, 6.07) is 16.9. The second-order valence-corrected chi connectivity index (χ2v) is 7.85. The zero-order chi connectivity index (χ0) is 20.1. The molecule has 4 heterocycles. The Morgan fingerprint density at radius 3 is 2.55 bits per heavy atom. The number of fused-ring (bicyclic) bond motifs is 3. The topological polar surface area (TPSA) is 45.4 Å². The van der Waals surface area contributed by atoms with Gasteiger partial charge in [-0.3, -0.25) is 0 Å². The highest BCUT2D eigenvalue weighted by atomic mass is 16.3. The minimum atomic E-state index is 0.229. The molecule has 5 heteroatoms. The number of aromatic nitrogens is 2. The smallest absolute Gasteiger partial charge is 0.227 e. The van der Waals surface area contributed by atoms with Gasteiger partial charge in [0.2, 0.25) is 5.71 Å². The summed E-state index contributed by atoms with van der Waals surface area (Å²) < 4.78 is 6.17. The first kappa shape index (κ1) is 17.7. The molecule has 5 nitrogen and oxygen atoms in total. The third-order valence-electron chi connectivity index (χ3n) is 5.61. The summed E-state index contributed by atoms with van der Waals surface area (Å²) >= 11 is 0. The van der Waals surface area contributed by atoms with E-state index in [-0.39, 0.29) is 6.17 Å². The van der Waals surface area contributed by atoms with Crippen molar-refractivity contribution in [3.05, 3.63) is 66.6 Å². The molecule has 0 unspecified atom stereocenters. The molecule has 0 saturated carbocycles. The van der Waals surface area contributed by atoms with E-state index in [4.69, 9.17) is 9.40 Å². The second-order valence-electron chi connectivity index (χ2n) is 7.85. The van der Waals surface area contributed by atoms with E-state index in [2.05, 4.69) is 84.4 Å². The van der Waals surface area contributed by atoms with Crippen LogP contribution in [0.2, 0.25) is 0 Å².